The van der Waals surface area contributed by atoms with E-state index in [1.54, 1.807) is 19.1 Å². The summed E-state index contributed by atoms with van der Waals surface area (Å²) in [5.41, 5.74) is 7.37. The summed E-state index contributed by atoms with van der Waals surface area (Å²) in [5.74, 6) is -0.881. The number of hydrogen-bond acceptors (Lipinski definition) is 4. The van der Waals surface area contributed by atoms with Crippen molar-refractivity contribution >= 4 is 17.6 Å². The van der Waals surface area contributed by atoms with Crippen LogP contribution in [0.5, 0.6) is 0 Å². The number of amides is 1. The summed E-state index contributed by atoms with van der Waals surface area (Å²) in [6.07, 6.45) is 0. The molecule has 5 nitrogen and oxygen atoms in total. The molecule has 0 aliphatic carbocycles. The molecule has 0 aromatic heterocycles. The molecular weight excluding hydrogens is 220 g/mol. The van der Waals surface area contributed by atoms with E-state index in [4.69, 9.17) is 5.73 Å². The number of benzene rings is 1. The van der Waals surface area contributed by atoms with E-state index < -0.39 is 12.0 Å². The Labute approximate surface area is 99.9 Å². The number of hydrogen-bond donors (Lipinski definition) is 2. The Morgan fingerprint density at radius 3 is 2.65 bits per heavy atom. The summed E-state index contributed by atoms with van der Waals surface area (Å²) in [6, 6.07) is 4.45. The number of nitrogens with one attached hydrogen (secondary N) is 1. The number of nitrogens with two attached hydrogens (primary N) is 1. The second-order valence-electron chi connectivity index (χ2n) is 3.81. The molecule has 92 valence electrons. The van der Waals surface area contributed by atoms with Crippen molar-refractivity contribution in [3.05, 3.63) is 29.3 Å². The molecule has 0 fully saturated rings. The molecule has 1 atom stereocenters. The SMILES string of the molecule is COC(=O)[C@H](C)NC(=O)c1cc(C)ccc1N. The first-order valence-corrected chi connectivity index (χ1v) is 5.20. The minimum absolute atomic E-state index is 0.362. The summed E-state index contributed by atoms with van der Waals surface area (Å²) in [7, 11) is 1.27. The van der Waals surface area contributed by atoms with E-state index in [-0.39, 0.29) is 5.91 Å². The van der Waals surface area contributed by atoms with Crippen molar-refractivity contribution in [2.45, 2.75) is 19.9 Å². The maximum atomic E-state index is 11.8. The average molecular weight is 236 g/mol. The molecule has 17 heavy (non-hydrogen) atoms. The summed E-state index contributed by atoms with van der Waals surface area (Å²) in [5, 5.41) is 2.52. The Bertz CT molecular complexity index is 443. The molecule has 1 aromatic rings. The van der Waals surface area contributed by atoms with Gasteiger partial charge in [0.1, 0.15) is 6.04 Å². The third kappa shape index (κ3) is 3.21. The van der Waals surface area contributed by atoms with E-state index in [1.807, 2.05) is 13.0 Å². The summed E-state index contributed by atoms with van der Waals surface area (Å²) in [6.45, 7) is 3.41. The lowest BCUT2D eigenvalue weighted by Gasteiger charge is -2.12. The van der Waals surface area contributed by atoms with Crippen LogP contribution in [0.25, 0.3) is 0 Å². The van der Waals surface area contributed by atoms with E-state index in [2.05, 4.69) is 10.1 Å². The van der Waals surface area contributed by atoms with E-state index in [0.29, 0.717) is 11.3 Å². The quantitative estimate of drug-likeness (QED) is 0.602. The minimum Gasteiger partial charge on any atom is -0.467 e. The molecule has 1 amide bonds. The summed E-state index contributed by atoms with van der Waals surface area (Å²) < 4.78 is 4.52. The molecule has 0 bridgehead atoms. The van der Waals surface area contributed by atoms with Crippen LogP contribution in [0.2, 0.25) is 0 Å². The number of ether oxygens (including phenoxy) is 1. The zero-order chi connectivity index (χ0) is 13.0. The lowest BCUT2D eigenvalue weighted by atomic mass is 10.1. The van der Waals surface area contributed by atoms with Crippen molar-refractivity contribution in [2.75, 3.05) is 12.8 Å². The smallest absolute Gasteiger partial charge is 0.328 e. The summed E-state index contributed by atoms with van der Waals surface area (Å²) in [4.78, 5) is 23.0. The molecule has 0 aliphatic rings. The average Bonchev–Trinajstić information content (AvgIpc) is 2.30. The first-order valence-electron chi connectivity index (χ1n) is 5.20. The van der Waals surface area contributed by atoms with Gasteiger partial charge < -0.3 is 15.8 Å². The lowest BCUT2D eigenvalue weighted by Crippen LogP contribution is -2.39. The van der Waals surface area contributed by atoms with Gasteiger partial charge in [-0.1, -0.05) is 11.6 Å². The molecule has 0 heterocycles. The van der Waals surface area contributed by atoms with E-state index in [0.717, 1.165) is 5.56 Å². The molecular formula is C12H16N2O3. The fourth-order valence-corrected chi connectivity index (χ4v) is 1.38. The first kappa shape index (κ1) is 13.0. The van der Waals surface area contributed by atoms with Crippen LogP contribution in [0.4, 0.5) is 5.69 Å². The number of nitrogen functional groups attached to an aromatic ring is 1. The van der Waals surface area contributed by atoms with E-state index in [9.17, 15) is 9.59 Å². The molecule has 0 saturated carbocycles. The van der Waals surface area contributed by atoms with Crippen molar-refractivity contribution in [3.63, 3.8) is 0 Å². The molecule has 0 saturated heterocycles. The Kier molecular flexibility index (Phi) is 4.09. The van der Waals surface area contributed by atoms with Gasteiger partial charge in [0.25, 0.3) is 5.91 Å². The van der Waals surface area contributed by atoms with Gasteiger partial charge >= 0.3 is 5.97 Å². The van der Waals surface area contributed by atoms with Gasteiger partial charge in [-0.05, 0) is 26.0 Å². The van der Waals surface area contributed by atoms with Crippen molar-refractivity contribution in [1.29, 1.82) is 0 Å². The molecule has 0 radical (unpaired) electrons. The molecule has 0 unspecified atom stereocenters. The maximum absolute atomic E-state index is 11.8. The standard InChI is InChI=1S/C12H16N2O3/c1-7-4-5-10(13)9(6-7)11(15)14-8(2)12(16)17-3/h4-6,8H,13H2,1-3H3,(H,14,15)/t8-/m0/s1. The van der Waals surface area contributed by atoms with Gasteiger partial charge in [-0.25, -0.2) is 4.79 Å². The van der Waals surface area contributed by atoms with Gasteiger partial charge in [-0.3, -0.25) is 4.79 Å². The Hall–Kier alpha value is -2.04. The van der Waals surface area contributed by atoms with Crippen molar-refractivity contribution in [1.82, 2.24) is 5.32 Å². The third-order valence-corrected chi connectivity index (χ3v) is 2.36. The number of rotatable bonds is 3. The molecule has 1 rings (SSSR count). The van der Waals surface area contributed by atoms with Crippen LogP contribution in [0.15, 0.2) is 18.2 Å². The predicted octanol–water partition coefficient (Wildman–Crippen LogP) is 0.869. The lowest BCUT2D eigenvalue weighted by molar-refractivity contribution is -0.142. The second-order valence-corrected chi connectivity index (χ2v) is 3.81. The third-order valence-electron chi connectivity index (χ3n) is 2.36. The highest BCUT2D eigenvalue weighted by molar-refractivity contribution is 6.01. The molecule has 1 aromatic carbocycles. The zero-order valence-electron chi connectivity index (χ0n) is 10.1. The number of anilines is 1. The zero-order valence-corrected chi connectivity index (χ0v) is 10.1. The minimum atomic E-state index is -0.701. The van der Waals surface area contributed by atoms with Crippen LogP contribution >= 0.6 is 0 Å². The maximum Gasteiger partial charge on any atom is 0.328 e. The molecule has 0 aliphatic heterocycles. The number of aryl methyl sites for hydroxylation is 1. The van der Waals surface area contributed by atoms with Gasteiger partial charge in [0.15, 0.2) is 0 Å². The second kappa shape index (κ2) is 5.34. The van der Waals surface area contributed by atoms with Gasteiger partial charge in [0.2, 0.25) is 0 Å². The van der Waals surface area contributed by atoms with Crippen molar-refractivity contribution < 1.29 is 14.3 Å². The monoisotopic (exact) mass is 236 g/mol. The largest absolute Gasteiger partial charge is 0.467 e. The highest BCUT2D eigenvalue weighted by Gasteiger charge is 2.18. The predicted molar refractivity (Wildman–Crippen MR) is 64.5 cm³/mol. The summed E-state index contributed by atoms with van der Waals surface area (Å²) >= 11 is 0. The van der Waals surface area contributed by atoms with Crippen LogP contribution in [-0.2, 0) is 9.53 Å². The van der Waals surface area contributed by atoms with Crippen LogP contribution in [0.3, 0.4) is 0 Å². The van der Waals surface area contributed by atoms with E-state index >= 15 is 0 Å². The molecule has 0 spiro atoms. The fourth-order valence-electron chi connectivity index (χ4n) is 1.38. The number of carbonyl (C=O) groups excluding carboxylic acids is 2. The Balaban J connectivity index is 2.83. The number of methoxy groups -OCH3 is 1. The molecule has 5 heteroatoms. The Morgan fingerprint density at radius 1 is 1.41 bits per heavy atom. The Morgan fingerprint density at radius 2 is 2.06 bits per heavy atom. The normalized spacial score (nSPS) is 11.7. The van der Waals surface area contributed by atoms with Crippen LogP contribution in [0, 0.1) is 6.92 Å². The highest BCUT2D eigenvalue weighted by atomic mass is 16.5. The van der Waals surface area contributed by atoms with Gasteiger partial charge in [-0.2, -0.15) is 0 Å². The van der Waals surface area contributed by atoms with Crippen LogP contribution < -0.4 is 11.1 Å². The van der Waals surface area contributed by atoms with Crippen molar-refractivity contribution in [2.24, 2.45) is 0 Å². The fraction of sp³-hybridized carbons (Fsp3) is 0.333. The van der Waals surface area contributed by atoms with Crippen molar-refractivity contribution in [3.8, 4) is 0 Å². The van der Waals surface area contributed by atoms with Gasteiger partial charge in [-0.15, -0.1) is 0 Å². The number of esters is 1. The van der Waals surface area contributed by atoms with Crippen LogP contribution in [-0.4, -0.2) is 25.0 Å². The first-order chi connectivity index (χ1) is 7.95. The number of carbonyl (C=O) groups is 2. The highest BCUT2D eigenvalue weighted by Crippen LogP contribution is 2.13. The topological polar surface area (TPSA) is 81.4 Å². The van der Waals surface area contributed by atoms with E-state index in [1.165, 1.54) is 7.11 Å². The van der Waals surface area contributed by atoms with Gasteiger partial charge in [0, 0.05) is 5.69 Å². The van der Waals surface area contributed by atoms with Crippen LogP contribution in [0.1, 0.15) is 22.8 Å². The van der Waals surface area contributed by atoms with Gasteiger partial charge in [0.05, 0.1) is 12.7 Å². The molecule has 3 N–H and O–H groups in total.